The fourth-order valence-corrected chi connectivity index (χ4v) is 4.90. The topological polar surface area (TPSA) is 67.3 Å². The summed E-state index contributed by atoms with van der Waals surface area (Å²) in [6.45, 7) is 4.28. The molecule has 1 aliphatic rings. The van der Waals surface area contributed by atoms with Gasteiger partial charge in [-0.3, -0.25) is 4.79 Å². The van der Waals surface area contributed by atoms with Gasteiger partial charge in [-0.2, -0.15) is 0 Å². The first kappa shape index (κ1) is 19.0. The van der Waals surface area contributed by atoms with Gasteiger partial charge >= 0.3 is 0 Å². The first-order valence-corrected chi connectivity index (χ1v) is 10.6. The highest BCUT2D eigenvalue weighted by molar-refractivity contribution is 8.01. The number of methoxy groups -OCH3 is 1. The molecule has 1 amide bonds. The number of ether oxygens (including phenoxy) is 1. The number of carbonyl (C=O) groups is 1. The molecule has 140 valence electrons. The number of hydrogen-bond donors (Lipinski definition) is 1. The summed E-state index contributed by atoms with van der Waals surface area (Å²) < 4.78 is 6.01. The number of aromatic nitrogens is 2. The molecule has 0 aliphatic carbocycles. The first-order chi connectivity index (χ1) is 12.6. The van der Waals surface area contributed by atoms with Crippen molar-refractivity contribution in [3.8, 4) is 5.75 Å². The summed E-state index contributed by atoms with van der Waals surface area (Å²) in [5.41, 5.74) is 0.893. The van der Waals surface area contributed by atoms with E-state index in [1.807, 2.05) is 29.2 Å². The van der Waals surface area contributed by atoms with E-state index in [0.717, 1.165) is 28.6 Å². The Morgan fingerprint density at radius 1 is 1.35 bits per heavy atom. The zero-order valence-electron chi connectivity index (χ0n) is 15.3. The summed E-state index contributed by atoms with van der Waals surface area (Å²) in [6.07, 6.45) is 3.39. The number of amides is 1. The molecule has 6 nitrogen and oxygen atoms in total. The van der Waals surface area contributed by atoms with E-state index in [2.05, 4.69) is 29.4 Å². The predicted octanol–water partition coefficient (Wildman–Crippen LogP) is 4.17. The Bertz CT molecular complexity index is 742. The number of likely N-dealkylation sites (tertiary alicyclic amines) is 1. The second-order valence-electron chi connectivity index (χ2n) is 6.45. The van der Waals surface area contributed by atoms with Crippen molar-refractivity contribution < 1.29 is 9.53 Å². The van der Waals surface area contributed by atoms with Crippen LogP contribution in [0.1, 0.15) is 33.1 Å². The smallest absolute Gasteiger partial charge is 0.233 e. The third kappa shape index (κ3) is 4.67. The number of benzene rings is 1. The molecule has 1 aliphatic heterocycles. The minimum Gasteiger partial charge on any atom is -0.497 e. The lowest BCUT2D eigenvalue weighted by Gasteiger charge is -2.39. The molecule has 1 N–H and O–H groups in total. The molecule has 8 heteroatoms. The maximum atomic E-state index is 12.6. The van der Waals surface area contributed by atoms with Crippen LogP contribution in [0.4, 0.5) is 10.8 Å². The highest BCUT2D eigenvalue weighted by Crippen LogP contribution is 2.30. The van der Waals surface area contributed by atoms with E-state index in [9.17, 15) is 4.79 Å². The Labute approximate surface area is 162 Å². The molecule has 1 aromatic carbocycles. The van der Waals surface area contributed by atoms with E-state index in [1.165, 1.54) is 29.5 Å². The van der Waals surface area contributed by atoms with E-state index in [0.29, 0.717) is 23.0 Å². The lowest BCUT2D eigenvalue weighted by atomic mass is 9.98. The van der Waals surface area contributed by atoms with Crippen molar-refractivity contribution in [3.05, 3.63) is 24.3 Å². The molecule has 2 heterocycles. The average Bonchev–Trinajstić information content (AvgIpc) is 3.07. The van der Waals surface area contributed by atoms with E-state index >= 15 is 0 Å². The Morgan fingerprint density at radius 2 is 2.12 bits per heavy atom. The fourth-order valence-electron chi connectivity index (χ4n) is 3.25. The van der Waals surface area contributed by atoms with Crippen LogP contribution in [0.15, 0.2) is 28.6 Å². The number of nitrogens with zero attached hydrogens (tertiary/aromatic N) is 3. The maximum absolute atomic E-state index is 12.6. The summed E-state index contributed by atoms with van der Waals surface area (Å²) in [7, 11) is 1.64. The fraction of sp³-hybridized carbons (Fsp3) is 0.500. The zero-order chi connectivity index (χ0) is 18.5. The lowest BCUT2D eigenvalue weighted by Crippen LogP contribution is -2.48. The minimum atomic E-state index is 0.187. The number of rotatable bonds is 6. The second-order valence-corrected chi connectivity index (χ2v) is 8.65. The van der Waals surface area contributed by atoms with Crippen LogP contribution in [0.5, 0.6) is 5.75 Å². The lowest BCUT2D eigenvalue weighted by molar-refractivity contribution is -0.134. The average molecular weight is 393 g/mol. The van der Waals surface area contributed by atoms with Gasteiger partial charge in [0.05, 0.1) is 12.9 Å². The first-order valence-electron chi connectivity index (χ1n) is 8.75. The number of thioether (sulfide) groups is 1. The van der Waals surface area contributed by atoms with Crippen LogP contribution in [-0.2, 0) is 4.79 Å². The monoisotopic (exact) mass is 392 g/mol. The van der Waals surface area contributed by atoms with Crippen molar-refractivity contribution in [3.63, 3.8) is 0 Å². The Kier molecular flexibility index (Phi) is 6.37. The van der Waals surface area contributed by atoms with Gasteiger partial charge in [-0.15, -0.1) is 10.2 Å². The van der Waals surface area contributed by atoms with Gasteiger partial charge in [0, 0.05) is 23.8 Å². The molecule has 1 saturated heterocycles. The summed E-state index contributed by atoms with van der Waals surface area (Å²) >= 11 is 2.90. The Morgan fingerprint density at radius 3 is 2.85 bits per heavy atom. The van der Waals surface area contributed by atoms with Gasteiger partial charge in [-0.25, -0.2) is 0 Å². The van der Waals surface area contributed by atoms with Crippen molar-refractivity contribution in [1.82, 2.24) is 15.1 Å². The van der Waals surface area contributed by atoms with E-state index in [1.54, 1.807) is 7.11 Å². The van der Waals surface area contributed by atoms with Gasteiger partial charge in [0.1, 0.15) is 5.75 Å². The van der Waals surface area contributed by atoms with Gasteiger partial charge in [-0.1, -0.05) is 29.2 Å². The van der Waals surface area contributed by atoms with Crippen LogP contribution in [-0.4, -0.2) is 46.0 Å². The highest BCUT2D eigenvalue weighted by atomic mass is 32.2. The van der Waals surface area contributed by atoms with Gasteiger partial charge in [0.2, 0.25) is 11.0 Å². The number of nitrogens with one attached hydrogen (secondary N) is 1. The molecule has 2 atom stereocenters. The zero-order valence-corrected chi connectivity index (χ0v) is 16.9. The van der Waals surface area contributed by atoms with Crippen LogP contribution in [0.25, 0.3) is 0 Å². The van der Waals surface area contributed by atoms with Crippen LogP contribution in [0.3, 0.4) is 0 Å². The van der Waals surface area contributed by atoms with Gasteiger partial charge < -0.3 is 15.0 Å². The Balaban J connectivity index is 1.55. The van der Waals surface area contributed by atoms with E-state index in [-0.39, 0.29) is 5.91 Å². The molecule has 0 bridgehead atoms. The molecular formula is C18H24N4O2S2. The maximum Gasteiger partial charge on any atom is 0.233 e. The molecule has 0 radical (unpaired) electrons. The van der Waals surface area contributed by atoms with Crippen molar-refractivity contribution in [2.24, 2.45) is 0 Å². The molecule has 0 unspecified atom stereocenters. The van der Waals surface area contributed by atoms with Crippen LogP contribution < -0.4 is 10.1 Å². The van der Waals surface area contributed by atoms with Crippen molar-refractivity contribution in [2.75, 3.05) is 18.2 Å². The molecule has 0 spiro atoms. The van der Waals surface area contributed by atoms with Crippen molar-refractivity contribution >= 4 is 39.8 Å². The van der Waals surface area contributed by atoms with Crippen molar-refractivity contribution in [1.29, 1.82) is 0 Å². The largest absolute Gasteiger partial charge is 0.497 e. The standard InChI is InChI=1S/C18H24N4O2S2/c1-12-6-4-7-13(2)22(12)16(23)11-25-18-21-20-17(26-18)19-14-8-5-9-15(10-14)24-3/h5,8-10,12-13H,4,6-7,11H2,1-3H3,(H,19,20)/t12-,13-/m0/s1. The normalized spacial score (nSPS) is 20.0. The van der Waals surface area contributed by atoms with Gasteiger partial charge in [0.15, 0.2) is 4.34 Å². The SMILES string of the molecule is COc1cccc(Nc2nnc(SCC(=O)N3[C@@H](C)CCC[C@@H]3C)s2)c1. The van der Waals surface area contributed by atoms with Crippen LogP contribution in [0.2, 0.25) is 0 Å². The molecular weight excluding hydrogens is 368 g/mol. The van der Waals surface area contributed by atoms with Crippen molar-refractivity contribution in [2.45, 2.75) is 49.5 Å². The molecule has 3 rings (SSSR count). The third-order valence-electron chi connectivity index (χ3n) is 4.53. The van der Waals surface area contributed by atoms with Gasteiger partial charge in [0.25, 0.3) is 0 Å². The quantitative estimate of drug-likeness (QED) is 0.744. The molecule has 1 aromatic heterocycles. The number of carbonyl (C=O) groups excluding carboxylic acids is 1. The summed E-state index contributed by atoms with van der Waals surface area (Å²) in [6, 6.07) is 8.30. The van der Waals surface area contributed by atoms with Crippen LogP contribution >= 0.6 is 23.1 Å². The predicted molar refractivity (Wildman–Crippen MR) is 107 cm³/mol. The molecule has 0 saturated carbocycles. The van der Waals surface area contributed by atoms with Crippen LogP contribution in [0, 0.1) is 0 Å². The number of hydrogen-bond acceptors (Lipinski definition) is 7. The summed E-state index contributed by atoms with van der Waals surface area (Å²) in [4.78, 5) is 14.6. The second kappa shape index (κ2) is 8.73. The highest BCUT2D eigenvalue weighted by Gasteiger charge is 2.28. The molecule has 1 fully saturated rings. The molecule has 26 heavy (non-hydrogen) atoms. The number of piperidine rings is 1. The van der Waals surface area contributed by atoms with E-state index in [4.69, 9.17) is 4.74 Å². The Hall–Kier alpha value is -1.80. The summed E-state index contributed by atoms with van der Waals surface area (Å²) in [5.74, 6) is 1.37. The number of anilines is 2. The van der Waals surface area contributed by atoms with Gasteiger partial charge in [-0.05, 0) is 45.2 Å². The third-order valence-corrected chi connectivity index (χ3v) is 6.48. The van der Waals surface area contributed by atoms with E-state index < -0.39 is 0 Å². The summed E-state index contributed by atoms with van der Waals surface area (Å²) in [5, 5.41) is 12.3. The minimum absolute atomic E-state index is 0.187. The molecule has 2 aromatic rings.